The normalized spacial score (nSPS) is 19.0. The summed E-state index contributed by atoms with van der Waals surface area (Å²) in [4.78, 5) is 44.4. The van der Waals surface area contributed by atoms with E-state index in [0.717, 1.165) is 71.1 Å². The molecule has 8 nitrogen and oxygen atoms in total. The molecule has 2 amide bonds. The molecule has 0 spiro atoms. The summed E-state index contributed by atoms with van der Waals surface area (Å²) in [6, 6.07) is 1.28. The molecule has 3 heterocycles. The van der Waals surface area contributed by atoms with Crippen molar-refractivity contribution in [1.82, 2.24) is 20.1 Å². The van der Waals surface area contributed by atoms with Crippen molar-refractivity contribution in [3.63, 3.8) is 0 Å². The number of aromatic nitrogens is 1. The number of hydrogen-bond donors (Lipinski definition) is 3. The fraction of sp³-hybridized carbons (Fsp3) is 0.696. The molecule has 0 aromatic carbocycles. The van der Waals surface area contributed by atoms with Crippen LogP contribution in [0.25, 0.3) is 0 Å². The molecule has 4 N–H and O–H groups in total. The third-order valence-corrected chi connectivity index (χ3v) is 7.00. The van der Waals surface area contributed by atoms with Crippen molar-refractivity contribution in [1.29, 1.82) is 0 Å². The number of pyridine rings is 1. The van der Waals surface area contributed by atoms with Gasteiger partial charge in [0.25, 0.3) is 11.5 Å². The number of H-pyrrole nitrogens is 1. The van der Waals surface area contributed by atoms with Crippen molar-refractivity contribution in [3.8, 4) is 0 Å². The number of piperidine rings is 2. The molecule has 1 atom stereocenters. The lowest BCUT2D eigenvalue weighted by molar-refractivity contribution is -0.139. The Morgan fingerprint density at radius 3 is 2.56 bits per heavy atom. The molecule has 1 unspecified atom stereocenters. The second kappa shape index (κ2) is 11.7. The minimum absolute atomic E-state index is 0.0286. The van der Waals surface area contributed by atoms with Crippen LogP contribution in [0.5, 0.6) is 0 Å². The van der Waals surface area contributed by atoms with Gasteiger partial charge in [0.1, 0.15) is 11.4 Å². The molecule has 2 fully saturated rings. The number of aromatic amines is 1. The summed E-state index contributed by atoms with van der Waals surface area (Å²) in [7, 11) is 0. The maximum absolute atomic E-state index is 13.2. The number of nitrogen functional groups attached to an aromatic ring is 1. The molecular formula is C23H36ClN5O3. The fourth-order valence-corrected chi connectivity index (χ4v) is 4.83. The number of carbonyl (C=O) groups is 2. The van der Waals surface area contributed by atoms with Crippen LogP contribution in [0.3, 0.4) is 0 Å². The van der Waals surface area contributed by atoms with E-state index in [4.69, 9.17) is 17.3 Å². The average molecular weight is 466 g/mol. The van der Waals surface area contributed by atoms with Crippen LogP contribution >= 0.6 is 11.6 Å². The zero-order chi connectivity index (χ0) is 23.1. The van der Waals surface area contributed by atoms with Gasteiger partial charge in [-0.05, 0) is 63.6 Å². The number of amides is 2. The predicted octanol–water partition coefficient (Wildman–Crippen LogP) is 2.62. The van der Waals surface area contributed by atoms with Crippen LogP contribution in [0.2, 0.25) is 5.02 Å². The monoisotopic (exact) mass is 465 g/mol. The Balaban J connectivity index is 1.52. The van der Waals surface area contributed by atoms with Gasteiger partial charge >= 0.3 is 0 Å². The van der Waals surface area contributed by atoms with Crippen molar-refractivity contribution in [2.45, 2.75) is 64.3 Å². The van der Waals surface area contributed by atoms with E-state index in [-0.39, 0.29) is 22.4 Å². The van der Waals surface area contributed by atoms with Crippen LogP contribution in [0.1, 0.15) is 68.6 Å². The van der Waals surface area contributed by atoms with Gasteiger partial charge in [-0.1, -0.05) is 31.4 Å². The van der Waals surface area contributed by atoms with Gasteiger partial charge in [0.15, 0.2) is 0 Å². The highest BCUT2D eigenvalue weighted by Gasteiger charge is 2.32. The maximum atomic E-state index is 13.2. The number of likely N-dealkylation sites (tertiary alicyclic amines) is 2. The Bertz CT molecular complexity index is 845. The molecule has 2 saturated heterocycles. The number of hydrogen-bond acceptors (Lipinski definition) is 5. The van der Waals surface area contributed by atoms with Gasteiger partial charge < -0.3 is 20.9 Å². The van der Waals surface area contributed by atoms with Gasteiger partial charge in [-0.2, -0.15) is 0 Å². The molecule has 2 aliphatic rings. The number of nitrogens with zero attached hydrogens (tertiary/aromatic N) is 2. The van der Waals surface area contributed by atoms with Crippen LogP contribution in [0, 0.1) is 5.92 Å². The van der Waals surface area contributed by atoms with Crippen molar-refractivity contribution < 1.29 is 9.59 Å². The Kier molecular flexibility index (Phi) is 8.99. The standard InChI is InChI=1S/C23H36ClN5O3/c1-2-3-7-19(23(32)29-10-5-4-6-11-29)28-12-8-16(9-13-28)15-26-21(30)17-14-18(24)20(25)27-22(17)31/h14,16,19H,2-13,15H2,1H3,(H,26,30)(H3,25,27,31). The second-order valence-corrected chi connectivity index (χ2v) is 9.41. The minimum Gasteiger partial charge on any atom is -0.384 e. The van der Waals surface area contributed by atoms with Crippen LogP contribution in [-0.2, 0) is 4.79 Å². The van der Waals surface area contributed by atoms with Gasteiger partial charge in [-0.3, -0.25) is 19.3 Å². The highest BCUT2D eigenvalue weighted by molar-refractivity contribution is 6.33. The Morgan fingerprint density at radius 1 is 1.22 bits per heavy atom. The Labute approximate surface area is 194 Å². The number of nitrogens with two attached hydrogens (primary N) is 1. The van der Waals surface area contributed by atoms with Crippen LogP contribution in [-0.4, -0.2) is 65.4 Å². The van der Waals surface area contributed by atoms with E-state index in [1.807, 2.05) is 0 Å². The molecule has 1 aromatic rings. The van der Waals surface area contributed by atoms with E-state index >= 15 is 0 Å². The topological polar surface area (TPSA) is 112 Å². The second-order valence-electron chi connectivity index (χ2n) is 9.01. The molecule has 0 saturated carbocycles. The predicted molar refractivity (Wildman–Crippen MR) is 127 cm³/mol. The van der Waals surface area contributed by atoms with E-state index in [2.05, 4.69) is 27.0 Å². The quantitative estimate of drug-likeness (QED) is 0.546. The summed E-state index contributed by atoms with van der Waals surface area (Å²) >= 11 is 5.93. The third kappa shape index (κ3) is 6.25. The highest BCUT2D eigenvalue weighted by atomic mass is 35.5. The van der Waals surface area contributed by atoms with Crippen LogP contribution < -0.4 is 16.6 Å². The fourth-order valence-electron chi connectivity index (χ4n) is 4.67. The first-order chi connectivity index (χ1) is 15.4. The highest BCUT2D eigenvalue weighted by Crippen LogP contribution is 2.23. The van der Waals surface area contributed by atoms with E-state index in [1.165, 1.54) is 12.5 Å². The van der Waals surface area contributed by atoms with Gasteiger partial charge in [0, 0.05) is 19.6 Å². The van der Waals surface area contributed by atoms with Gasteiger partial charge in [0.05, 0.1) is 11.1 Å². The summed E-state index contributed by atoms with van der Waals surface area (Å²) in [5, 5.41) is 3.01. The lowest BCUT2D eigenvalue weighted by atomic mass is 9.94. The van der Waals surface area contributed by atoms with E-state index < -0.39 is 11.5 Å². The lowest BCUT2D eigenvalue weighted by Gasteiger charge is -2.40. The SMILES string of the molecule is CCCCC(C(=O)N1CCCCC1)N1CCC(CNC(=O)c2cc(Cl)c(N)[nH]c2=O)CC1. The molecule has 0 aliphatic carbocycles. The minimum atomic E-state index is -0.547. The summed E-state index contributed by atoms with van der Waals surface area (Å²) in [6.07, 6.45) is 8.30. The summed E-state index contributed by atoms with van der Waals surface area (Å²) in [5.74, 6) is 0.216. The van der Waals surface area contributed by atoms with Crippen molar-refractivity contribution >= 4 is 29.2 Å². The smallest absolute Gasteiger partial charge is 0.262 e. The number of unbranched alkanes of at least 4 members (excludes halogenated alkanes) is 1. The first-order valence-electron chi connectivity index (χ1n) is 11.9. The zero-order valence-corrected chi connectivity index (χ0v) is 19.8. The summed E-state index contributed by atoms with van der Waals surface area (Å²) < 4.78 is 0. The number of carbonyl (C=O) groups excluding carboxylic acids is 2. The average Bonchev–Trinajstić information content (AvgIpc) is 2.81. The first-order valence-corrected chi connectivity index (χ1v) is 12.3. The van der Waals surface area contributed by atoms with E-state index in [0.29, 0.717) is 18.4 Å². The molecule has 0 radical (unpaired) electrons. The molecule has 32 heavy (non-hydrogen) atoms. The molecule has 1 aromatic heterocycles. The molecule has 9 heteroatoms. The van der Waals surface area contributed by atoms with Gasteiger partial charge in [0.2, 0.25) is 5.91 Å². The molecular weight excluding hydrogens is 430 g/mol. The number of nitrogens with one attached hydrogen (secondary N) is 2. The largest absolute Gasteiger partial charge is 0.384 e. The van der Waals surface area contributed by atoms with Crippen molar-refractivity contribution in [2.24, 2.45) is 5.92 Å². The molecule has 2 aliphatic heterocycles. The summed E-state index contributed by atoms with van der Waals surface area (Å²) in [5.41, 5.74) is 4.99. The molecule has 0 bridgehead atoms. The number of rotatable bonds is 8. The Morgan fingerprint density at radius 2 is 1.91 bits per heavy atom. The Hall–Kier alpha value is -2.06. The first kappa shape index (κ1) is 24.6. The zero-order valence-electron chi connectivity index (χ0n) is 19.0. The third-order valence-electron chi connectivity index (χ3n) is 6.69. The van der Waals surface area contributed by atoms with Crippen LogP contribution in [0.4, 0.5) is 5.82 Å². The number of anilines is 1. The van der Waals surface area contributed by atoms with E-state index in [9.17, 15) is 14.4 Å². The number of halogens is 1. The van der Waals surface area contributed by atoms with Gasteiger partial charge in [-0.25, -0.2) is 0 Å². The van der Waals surface area contributed by atoms with Crippen molar-refractivity contribution in [2.75, 3.05) is 38.5 Å². The van der Waals surface area contributed by atoms with E-state index in [1.54, 1.807) is 0 Å². The van der Waals surface area contributed by atoms with Gasteiger partial charge in [-0.15, -0.1) is 0 Å². The molecule has 3 rings (SSSR count). The van der Waals surface area contributed by atoms with Crippen LogP contribution in [0.15, 0.2) is 10.9 Å². The summed E-state index contributed by atoms with van der Waals surface area (Å²) in [6.45, 7) is 6.13. The maximum Gasteiger partial charge on any atom is 0.262 e. The lowest BCUT2D eigenvalue weighted by Crippen LogP contribution is -2.52. The molecule has 178 valence electrons. The van der Waals surface area contributed by atoms with Crippen molar-refractivity contribution in [3.05, 3.63) is 27.0 Å².